The first-order chi connectivity index (χ1) is 21.0. The van der Waals surface area contributed by atoms with Crippen molar-refractivity contribution in [3.63, 3.8) is 0 Å². The van der Waals surface area contributed by atoms with Crippen LogP contribution in [0, 0.1) is 17.3 Å². The first-order valence-electron chi connectivity index (χ1n) is 15.9. The number of carbonyl (C=O) groups excluding carboxylic acids is 4. The predicted molar refractivity (Wildman–Crippen MR) is 168 cm³/mol. The van der Waals surface area contributed by atoms with E-state index < -0.39 is 35.5 Å². The van der Waals surface area contributed by atoms with E-state index in [-0.39, 0.29) is 23.8 Å². The van der Waals surface area contributed by atoms with E-state index >= 15 is 0 Å². The number of cyclic esters (lactones) is 1. The zero-order valence-corrected chi connectivity index (χ0v) is 26.4. The number of ether oxygens (including phenoxy) is 1. The number of aromatic nitrogens is 1. The summed E-state index contributed by atoms with van der Waals surface area (Å²) in [7, 11) is 0. The summed E-state index contributed by atoms with van der Waals surface area (Å²) in [5, 5.41) is 8.18. The molecule has 1 aromatic carbocycles. The van der Waals surface area contributed by atoms with Crippen molar-refractivity contribution in [1.29, 1.82) is 0 Å². The van der Waals surface area contributed by atoms with Gasteiger partial charge in [0.2, 0.25) is 5.91 Å². The third-order valence-corrected chi connectivity index (χ3v) is 9.30. The summed E-state index contributed by atoms with van der Waals surface area (Å²) in [4.78, 5) is 58.9. The predicted octanol–water partition coefficient (Wildman–Crippen LogP) is 4.20. The number of hydrazine groups is 1. The lowest BCUT2D eigenvalue weighted by molar-refractivity contribution is -0.168. The van der Waals surface area contributed by atoms with E-state index in [1.807, 2.05) is 63.3 Å². The summed E-state index contributed by atoms with van der Waals surface area (Å²) in [6.07, 6.45) is 7.02. The second-order valence-corrected chi connectivity index (χ2v) is 13.2. The minimum absolute atomic E-state index is 0.227. The number of esters is 1. The van der Waals surface area contributed by atoms with Crippen LogP contribution < -0.4 is 16.1 Å². The molecule has 3 N–H and O–H groups in total. The number of pyridine rings is 1. The molecule has 10 nitrogen and oxygen atoms in total. The van der Waals surface area contributed by atoms with E-state index in [1.165, 1.54) is 5.01 Å². The summed E-state index contributed by atoms with van der Waals surface area (Å²) >= 11 is 0. The van der Waals surface area contributed by atoms with Crippen LogP contribution in [0.2, 0.25) is 0 Å². The average molecular weight is 604 g/mol. The number of amides is 3. The molecule has 3 heterocycles. The average Bonchev–Trinajstić information content (AvgIpc) is 3.01. The van der Waals surface area contributed by atoms with Crippen LogP contribution >= 0.6 is 0 Å². The lowest BCUT2D eigenvalue weighted by atomic mass is 9.70. The number of hydrogen-bond acceptors (Lipinski definition) is 7. The van der Waals surface area contributed by atoms with Gasteiger partial charge in [-0.15, -0.1) is 0 Å². The van der Waals surface area contributed by atoms with Crippen molar-refractivity contribution >= 4 is 40.7 Å². The Balaban J connectivity index is 1.53. The molecule has 5 bridgehead atoms. The Hall–Kier alpha value is -3.79. The molecular weight excluding hydrogens is 558 g/mol. The molecule has 10 heteroatoms. The standard InChI is InChI=1S/C34H45N5O5/c1-20(2)29-31(41)36-23(5)32(42)39-18-6-7-27(38-39)30(40)35-22(4)26-11-10-25-9-8-24(19-28(25)37-26)14-17-34(33(43)44-29)15-12-21(3)13-16-34/h8-11,14,17,19-23,27,29,38H,6-7,12-13,15-16,18H2,1-5H3,(H,35,40)(H,36,41)/b17-14+/t21?,22-,23+,27+,29?,34?/m1/s1. The largest absolute Gasteiger partial charge is 0.451 e. The maximum atomic E-state index is 14.0. The lowest BCUT2D eigenvalue weighted by Gasteiger charge is -2.37. The van der Waals surface area contributed by atoms with Crippen LogP contribution in [0.25, 0.3) is 17.0 Å². The minimum Gasteiger partial charge on any atom is -0.451 e. The monoisotopic (exact) mass is 603 g/mol. The summed E-state index contributed by atoms with van der Waals surface area (Å²) < 4.78 is 6.01. The molecule has 4 atom stereocenters. The number of rotatable bonds is 1. The van der Waals surface area contributed by atoms with E-state index in [4.69, 9.17) is 9.72 Å². The first-order valence-corrected chi connectivity index (χ1v) is 15.9. The molecule has 2 aromatic rings. The van der Waals surface area contributed by atoms with Gasteiger partial charge in [0, 0.05) is 11.9 Å². The van der Waals surface area contributed by atoms with Crippen LogP contribution in [0.5, 0.6) is 0 Å². The number of hydrogen-bond donors (Lipinski definition) is 3. The fourth-order valence-corrected chi connectivity index (χ4v) is 6.30. The fourth-order valence-electron chi connectivity index (χ4n) is 6.30. The number of fused-ring (bicyclic) bond motifs is 4. The van der Waals surface area contributed by atoms with Gasteiger partial charge in [-0.1, -0.05) is 51.1 Å². The molecule has 44 heavy (non-hydrogen) atoms. The van der Waals surface area contributed by atoms with Gasteiger partial charge in [-0.05, 0) is 81.9 Å². The highest BCUT2D eigenvalue weighted by Gasteiger charge is 2.43. The van der Waals surface area contributed by atoms with Crippen LogP contribution in [0.1, 0.15) is 90.4 Å². The van der Waals surface area contributed by atoms with Gasteiger partial charge in [-0.3, -0.25) is 29.2 Å². The molecule has 1 unspecified atom stereocenters. The second kappa shape index (κ2) is 13.1. The zero-order chi connectivity index (χ0) is 31.6. The molecule has 1 saturated heterocycles. The zero-order valence-electron chi connectivity index (χ0n) is 26.4. The van der Waals surface area contributed by atoms with Gasteiger partial charge >= 0.3 is 5.97 Å². The van der Waals surface area contributed by atoms with Gasteiger partial charge in [0.25, 0.3) is 11.8 Å². The normalized spacial score (nSPS) is 31.5. The Morgan fingerprint density at radius 3 is 2.36 bits per heavy atom. The Labute approximate surface area is 259 Å². The summed E-state index contributed by atoms with van der Waals surface area (Å²) in [5.41, 5.74) is 4.58. The van der Waals surface area contributed by atoms with Gasteiger partial charge in [0.1, 0.15) is 12.1 Å². The third kappa shape index (κ3) is 6.80. The summed E-state index contributed by atoms with van der Waals surface area (Å²) in [5.74, 6) is -1.34. The maximum absolute atomic E-state index is 14.0. The second-order valence-electron chi connectivity index (χ2n) is 13.2. The Morgan fingerprint density at radius 2 is 1.64 bits per heavy atom. The van der Waals surface area contributed by atoms with Gasteiger partial charge in [-0.2, -0.15) is 0 Å². The minimum atomic E-state index is -1.06. The Bertz CT molecular complexity index is 1450. The highest BCUT2D eigenvalue weighted by molar-refractivity contribution is 5.92. The van der Waals surface area contributed by atoms with E-state index in [2.05, 4.69) is 23.0 Å². The maximum Gasteiger partial charge on any atom is 0.316 e. The van der Waals surface area contributed by atoms with Crippen molar-refractivity contribution in [1.82, 2.24) is 26.1 Å². The topological polar surface area (TPSA) is 130 Å². The van der Waals surface area contributed by atoms with Crippen molar-refractivity contribution in [3.8, 4) is 0 Å². The molecule has 236 valence electrons. The number of nitrogens with one attached hydrogen (secondary N) is 3. The highest BCUT2D eigenvalue weighted by atomic mass is 16.5. The summed E-state index contributed by atoms with van der Waals surface area (Å²) in [6.45, 7) is 9.73. The van der Waals surface area contributed by atoms with Gasteiger partial charge in [0.05, 0.1) is 22.7 Å². The third-order valence-electron chi connectivity index (χ3n) is 9.30. The molecule has 5 rings (SSSR count). The smallest absolute Gasteiger partial charge is 0.316 e. The molecule has 1 saturated carbocycles. The molecule has 2 aliphatic heterocycles. The van der Waals surface area contributed by atoms with E-state index in [0.717, 1.165) is 35.0 Å². The first kappa shape index (κ1) is 31.6. The van der Waals surface area contributed by atoms with E-state index in [0.29, 0.717) is 38.1 Å². The molecule has 3 aliphatic rings. The van der Waals surface area contributed by atoms with Crippen molar-refractivity contribution in [3.05, 3.63) is 47.7 Å². The number of carbonyl (C=O) groups is 4. The van der Waals surface area contributed by atoms with Crippen LogP contribution in [-0.2, 0) is 23.9 Å². The van der Waals surface area contributed by atoms with Gasteiger partial charge in [0.15, 0.2) is 6.10 Å². The molecule has 1 aromatic heterocycles. The quantitative estimate of drug-likeness (QED) is 0.417. The van der Waals surface area contributed by atoms with Crippen molar-refractivity contribution in [2.75, 3.05) is 6.54 Å². The molecular formula is C34H45N5O5. The molecule has 1 spiro atoms. The highest BCUT2D eigenvalue weighted by Crippen LogP contribution is 2.42. The van der Waals surface area contributed by atoms with E-state index in [1.54, 1.807) is 6.92 Å². The lowest BCUT2D eigenvalue weighted by Crippen LogP contribution is -2.61. The van der Waals surface area contributed by atoms with Crippen LogP contribution in [0.15, 0.2) is 36.4 Å². The Morgan fingerprint density at radius 1 is 0.932 bits per heavy atom. The number of benzene rings is 1. The van der Waals surface area contributed by atoms with Crippen molar-refractivity contribution < 1.29 is 23.9 Å². The van der Waals surface area contributed by atoms with E-state index in [9.17, 15) is 19.2 Å². The molecule has 2 fully saturated rings. The summed E-state index contributed by atoms with van der Waals surface area (Å²) in [6, 6.07) is 8.01. The molecule has 0 radical (unpaired) electrons. The molecule has 1 aliphatic carbocycles. The van der Waals surface area contributed by atoms with Crippen molar-refractivity contribution in [2.24, 2.45) is 17.3 Å². The van der Waals surface area contributed by atoms with Crippen LogP contribution in [0.3, 0.4) is 0 Å². The van der Waals surface area contributed by atoms with Crippen LogP contribution in [0.4, 0.5) is 0 Å². The van der Waals surface area contributed by atoms with Crippen LogP contribution in [-0.4, -0.2) is 58.4 Å². The fraction of sp³-hybridized carbons (Fsp3) is 0.559. The number of nitrogens with zero attached hydrogens (tertiary/aromatic N) is 2. The molecule has 3 amide bonds. The van der Waals surface area contributed by atoms with Gasteiger partial charge in [-0.25, -0.2) is 5.43 Å². The Kier molecular flexibility index (Phi) is 9.39. The SMILES string of the molecule is CC1CCC2(/C=C/c3ccc4ccc(nc4c3)[C@@H](C)NC(=O)[C@@H]3CCCN(N3)C(=O)[C@H](C)NC(=O)C(C(C)C)OC2=O)CC1. The van der Waals surface area contributed by atoms with Gasteiger partial charge < -0.3 is 15.4 Å². The van der Waals surface area contributed by atoms with Crippen molar-refractivity contribution in [2.45, 2.75) is 97.4 Å².